The quantitative estimate of drug-likeness (QED) is 0.571. The number of ether oxygens (including phenoxy) is 1. The second-order valence-electron chi connectivity index (χ2n) is 4.86. The van der Waals surface area contributed by atoms with Crippen molar-refractivity contribution in [2.45, 2.75) is 0 Å². The fourth-order valence-electron chi connectivity index (χ4n) is 2.46. The molecule has 0 saturated carbocycles. The van der Waals surface area contributed by atoms with Gasteiger partial charge in [-0.2, -0.15) is 0 Å². The molecule has 0 aliphatic carbocycles. The average molecular weight is 331 g/mol. The predicted molar refractivity (Wildman–Crippen MR) is 90.7 cm³/mol. The van der Waals surface area contributed by atoms with Gasteiger partial charge in [0.25, 0.3) is 0 Å². The molecule has 3 rings (SSSR count). The van der Waals surface area contributed by atoms with Crippen molar-refractivity contribution >= 4 is 39.9 Å². The number of fused-ring (bicyclic) bond motifs is 1. The highest BCUT2D eigenvalue weighted by atomic mass is 35.5. The minimum Gasteiger partial charge on any atom is -0.465 e. The van der Waals surface area contributed by atoms with E-state index in [1.807, 2.05) is 36.4 Å². The summed E-state index contributed by atoms with van der Waals surface area (Å²) in [6.45, 7) is 0. The zero-order chi connectivity index (χ0) is 15.7. The van der Waals surface area contributed by atoms with E-state index in [1.54, 1.807) is 18.2 Å². The number of halogens is 2. The van der Waals surface area contributed by atoms with Crippen LogP contribution in [0.25, 0.3) is 21.9 Å². The zero-order valence-corrected chi connectivity index (χ0v) is 13.3. The molecule has 0 unspecified atom stereocenters. The first-order chi connectivity index (χ1) is 10.6. The molecule has 0 heterocycles. The molecule has 0 bridgehead atoms. The highest BCUT2D eigenvalue weighted by Crippen LogP contribution is 2.35. The summed E-state index contributed by atoms with van der Waals surface area (Å²) < 4.78 is 4.79. The van der Waals surface area contributed by atoms with Crippen LogP contribution in [0.3, 0.4) is 0 Å². The number of rotatable bonds is 2. The molecular weight excluding hydrogens is 319 g/mol. The third-order valence-corrected chi connectivity index (χ3v) is 4.07. The van der Waals surface area contributed by atoms with Crippen LogP contribution in [0, 0.1) is 0 Å². The van der Waals surface area contributed by atoms with Gasteiger partial charge in [0.15, 0.2) is 0 Å². The Morgan fingerprint density at radius 3 is 2.50 bits per heavy atom. The Labute approximate surface area is 138 Å². The van der Waals surface area contributed by atoms with Crippen molar-refractivity contribution in [2.24, 2.45) is 0 Å². The number of benzene rings is 3. The van der Waals surface area contributed by atoms with Crippen molar-refractivity contribution in [1.29, 1.82) is 0 Å². The van der Waals surface area contributed by atoms with Crippen LogP contribution in [0.4, 0.5) is 0 Å². The van der Waals surface area contributed by atoms with Crippen LogP contribution >= 0.6 is 23.2 Å². The molecule has 3 aromatic rings. The minimum atomic E-state index is -0.362. The van der Waals surface area contributed by atoms with E-state index < -0.39 is 0 Å². The summed E-state index contributed by atoms with van der Waals surface area (Å²) in [5.74, 6) is -0.362. The molecule has 0 saturated heterocycles. The van der Waals surface area contributed by atoms with E-state index in [4.69, 9.17) is 27.9 Å². The van der Waals surface area contributed by atoms with Gasteiger partial charge in [-0.05, 0) is 40.6 Å². The van der Waals surface area contributed by atoms with E-state index in [0.29, 0.717) is 15.6 Å². The summed E-state index contributed by atoms with van der Waals surface area (Å²) in [7, 11) is 1.37. The fourth-order valence-corrected chi connectivity index (χ4v) is 2.97. The largest absolute Gasteiger partial charge is 0.465 e. The second kappa shape index (κ2) is 5.99. The SMILES string of the molecule is COC(=O)c1ccc2cccc(-c3ccc(Cl)cc3Cl)c2c1. The molecule has 4 heteroatoms. The van der Waals surface area contributed by atoms with Crippen molar-refractivity contribution in [2.75, 3.05) is 7.11 Å². The van der Waals surface area contributed by atoms with Crippen LogP contribution < -0.4 is 0 Å². The molecule has 0 amide bonds. The first-order valence-electron chi connectivity index (χ1n) is 6.66. The molecule has 0 spiro atoms. The van der Waals surface area contributed by atoms with Crippen molar-refractivity contribution in [3.63, 3.8) is 0 Å². The smallest absolute Gasteiger partial charge is 0.337 e. The van der Waals surface area contributed by atoms with Crippen molar-refractivity contribution < 1.29 is 9.53 Å². The molecule has 0 radical (unpaired) electrons. The average Bonchev–Trinajstić information content (AvgIpc) is 2.53. The van der Waals surface area contributed by atoms with Crippen LogP contribution in [0.15, 0.2) is 54.6 Å². The third-order valence-electron chi connectivity index (χ3n) is 3.52. The summed E-state index contributed by atoms with van der Waals surface area (Å²) in [6.07, 6.45) is 0. The van der Waals surface area contributed by atoms with Gasteiger partial charge < -0.3 is 4.74 Å². The maximum Gasteiger partial charge on any atom is 0.337 e. The summed E-state index contributed by atoms with van der Waals surface area (Å²) in [5, 5.41) is 3.12. The fraction of sp³-hybridized carbons (Fsp3) is 0.0556. The maximum absolute atomic E-state index is 11.8. The number of esters is 1. The zero-order valence-electron chi connectivity index (χ0n) is 11.8. The molecule has 0 aromatic heterocycles. The Morgan fingerprint density at radius 1 is 0.955 bits per heavy atom. The third kappa shape index (κ3) is 2.68. The van der Waals surface area contributed by atoms with E-state index in [-0.39, 0.29) is 5.97 Å². The Hall–Kier alpha value is -2.03. The van der Waals surface area contributed by atoms with Crippen LogP contribution in [-0.2, 0) is 4.74 Å². The van der Waals surface area contributed by atoms with Gasteiger partial charge in [0, 0.05) is 15.6 Å². The second-order valence-corrected chi connectivity index (χ2v) is 5.70. The molecule has 0 fully saturated rings. The van der Waals surface area contributed by atoms with Gasteiger partial charge in [-0.15, -0.1) is 0 Å². The van der Waals surface area contributed by atoms with E-state index >= 15 is 0 Å². The molecule has 0 N–H and O–H groups in total. The van der Waals surface area contributed by atoms with Gasteiger partial charge in [0.2, 0.25) is 0 Å². The first-order valence-corrected chi connectivity index (χ1v) is 7.42. The Kier molecular flexibility index (Phi) is 4.06. The van der Waals surface area contributed by atoms with E-state index in [0.717, 1.165) is 21.9 Å². The van der Waals surface area contributed by atoms with Gasteiger partial charge in [-0.25, -0.2) is 4.79 Å². The summed E-state index contributed by atoms with van der Waals surface area (Å²) in [5.41, 5.74) is 2.33. The highest BCUT2D eigenvalue weighted by Gasteiger charge is 2.11. The van der Waals surface area contributed by atoms with Crippen molar-refractivity contribution in [3.05, 3.63) is 70.2 Å². The summed E-state index contributed by atoms with van der Waals surface area (Å²) >= 11 is 12.3. The number of carbonyl (C=O) groups excluding carboxylic acids is 1. The Balaban J connectivity index is 2.26. The molecule has 3 aromatic carbocycles. The topological polar surface area (TPSA) is 26.3 Å². The summed E-state index contributed by atoms with van der Waals surface area (Å²) in [4.78, 5) is 11.8. The number of hydrogen-bond donors (Lipinski definition) is 0. The van der Waals surface area contributed by atoms with Crippen LogP contribution in [0.1, 0.15) is 10.4 Å². The maximum atomic E-state index is 11.8. The molecule has 22 heavy (non-hydrogen) atoms. The molecular formula is C18H12Cl2O2. The molecule has 0 aliphatic rings. The van der Waals surface area contributed by atoms with E-state index in [9.17, 15) is 4.79 Å². The van der Waals surface area contributed by atoms with E-state index in [1.165, 1.54) is 7.11 Å². The lowest BCUT2D eigenvalue weighted by Gasteiger charge is -2.10. The van der Waals surface area contributed by atoms with Crippen LogP contribution in [0.2, 0.25) is 10.0 Å². The number of methoxy groups -OCH3 is 1. The van der Waals surface area contributed by atoms with Gasteiger partial charge in [-0.3, -0.25) is 0 Å². The molecule has 0 aliphatic heterocycles. The van der Waals surface area contributed by atoms with Gasteiger partial charge in [0.05, 0.1) is 12.7 Å². The molecule has 0 atom stereocenters. The predicted octanol–water partition coefficient (Wildman–Crippen LogP) is 5.60. The lowest BCUT2D eigenvalue weighted by molar-refractivity contribution is 0.0601. The monoisotopic (exact) mass is 330 g/mol. The normalized spacial score (nSPS) is 10.7. The van der Waals surface area contributed by atoms with Gasteiger partial charge in [-0.1, -0.05) is 53.5 Å². The molecule has 110 valence electrons. The Morgan fingerprint density at radius 2 is 1.77 bits per heavy atom. The number of carbonyl (C=O) groups is 1. The summed E-state index contributed by atoms with van der Waals surface area (Å²) in [6, 6.07) is 16.8. The Bertz CT molecular complexity index is 872. The first kappa shape index (κ1) is 14.9. The lowest BCUT2D eigenvalue weighted by Crippen LogP contribution is -2.00. The van der Waals surface area contributed by atoms with Crippen LogP contribution in [0.5, 0.6) is 0 Å². The van der Waals surface area contributed by atoms with Crippen molar-refractivity contribution in [1.82, 2.24) is 0 Å². The van der Waals surface area contributed by atoms with Gasteiger partial charge in [0.1, 0.15) is 0 Å². The standard InChI is InChI=1S/C18H12Cl2O2/c1-22-18(21)12-6-5-11-3-2-4-14(16(11)9-12)15-8-7-13(19)10-17(15)20/h2-10H,1H3. The molecule has 2 nitrogen and oxygen atoms in total. The number of hydrogen-bond acceptors (Lipinski definition) is 2. The minimum absolute atomic E-state index is 0.362. The highest BCUT2D eigenvalue weighted by molar-refractivity contribution is 6.36. The lowest BCUT2D eigenvalue weighted by atomic mass is 9.97. The van der Waals surface area contributed by atoms with Crippen LogP contribution in [-0.4, -0.2) is 13.1 Å². The van der Waals surface area contributed by atoms with Crippen molar-refractivity contribution in [3.8, 4) is 11.1 Å². The van der Waals surface area contributed by atoms with E-state index in [2.05, 4.69) is 0 Å². The van der Waals surface area contributed by atoms with Gasteiger partial charge >= 0.3 is 5.97 Å².